The minimum atomic E-state index is -2.44. The van der Waals surface area contributed by atoms with Crippen molar-refractivity contribution in [1.29, 1.82) is 0 Å². The normalized spacial score (nSPS) is 19.2. The first-order valence-electron chi connectivity index (χ1n) is 10.8. The van der Waals surface area contributed by atoms with Crippen LogP contribution in [0.1, 0.15) is 54.4 Å². The van der Waals surface area contributed by atoms with Gasteiger partial charge in [0.15, 0.2) is 0 Å². The van der Waals surface area contributed by atoms with E-state index in [1.165, 1.54) is 15.9 Å². The van der Waals surface area contributed by atoms with Gasteiger partial charge in [-0.1, -0.05) is 93.1 Å². The maximum atomic E-state index is 6.93. The molecule has 0 radical (unpaired) electrons. The highest BCUT2D eigenvalue weighted by atomic mass is 28.4. The Morgan fingerprint density at radius 3 is 1.90 bits per heavy atom. The minimum Gasteiger partial charge on any atom is -0.404 e. The molecule has 0 saturated carbocycles. The zero-order valence-corrected chi connectivity index (χ0v) is 19.9. The maximum absolute atomic E-state index is 6.93. The Labute approximate surface area is 178 Å². The lowest BCUT2D eigenvalue weighted by Crippen LogP contribution is -2.66. The van der Waals surface area contributed by atoms with Gasteiger partial charge < -0.3 is 9.16 Å². The second-order valence-electron chi connectivity index (χ2n) is 9.77. The summed E-state index contributed by atoms with van der Waals surface area (Å²) in [6.45, 7) is 14.2. The SMILES string of the molecule is C/C(=C/CO[Si](c1ccccc1)(c1ccccc1)C(C)(C)C)CCC1OC1(C)C. The van der Waals surface area contributed by atoms with Gasteiger partial charge in [-0.2, -0.15) is 0 Å². The summed E-state index contributed by atoms with van der Waals surface area (Å²) in [4.78, 5) is 0. The topological polar surface area (TPSA) is 21.8 Å². The van der Waals surface area contributed by atoms with Crippen LogP contribution in [0.4, 0.5) is 0 Å². The van der Waals surface area contributed by atoms with E-state index in [0.29, 0.717) is 12.7 Å². The Kier molecular flexibility index (Phi) is 6.52. The molecule has 1 atom stereocenters. The Morgan fingerprint density at radius 2 is 1.48 bits per heavy atom. The van der Waals surface area contributed by atoms with Crippen LogP contribution >= 0.6 is 0 Å². The average Bonchev–Trinajstić information content (AvgIpc) is 3.30. The first-order valence-corrected chi connectivity index (χ1v) is 12.7. The average molecular weight is 409 g/mol. The smallest absolute Gasteiger partial charge is 0.261 e. The van der Waals surface area contributed by atoms with Crippen molar-refractivity contribution in [3.8, 4) is 0 Å². The summed E-state index contributed by atoms with van der Waals surface area (Å²) >= 11 is 0. The Bertz CT molecular complexity index is 779. The number of benzene rings is 2. The van der Waals surface area contributed by atoms with Crippen LogP contribution in [0, 0.1) is 0 Å². The molecule has 1 unspecified atom stereocenters. The summed E-state index contributed by atoms with van der Waals surface area (Å²) in [6, 6.07) is 21.7. The Balaban J connectivity index is 1.83. The van der Waals surface area contributed by atoms with Crippen molar-refractivity contribution in [2.24, 2.45) is 0 Å². The fourth-order valence-electron chi connectivity index (χ4n) is 4.27. The van der Waals surface area contributed by atoms with Crippen LogP contribution in [0.15, 0.2) is 72.3 Å². The first-order chi connectivity index (χ1) is 13.7. The lowest BCUT2D eigenvalue weighted by molar-refractivity contribution is 0.319. The number of rotatable bonds is 8. The van der Waals surface area contributed by atoms with E-state index in [2.05, 4.69) is 108 Å². The third-order valence-corrected chi connectivity index (χ3v) is 11.1. The van der Waals surface area contributed by atoms with Crippen LogP contribution in [0.25, 0.3) is 0 Å². The number of ether oxygens (including phenoxy) is 1. The third kappa shape index (κ3) is 4.91. The summed E-state index contributed by atoms with van der Waals surface area (Å²) in [6.07, 6.45) is 4.84. The standard InChI is InChI=1S/C26H36O2Si/c1-21(17-18-24-26(5,6)28-24)19-20-27-29(25(2,3)4,22-13-9-7-10-14-22)23-15-11-8-12-16-23/h7-16,19,24H,17-18,20H2,1-6H3/b21-19-. The fourth-order valence-corrected chi connectivity index (χ4v) is 8.76. The predicted octanol–water partition coefficient (Wildman–Crippen LogP) is 5.47. The molecule has 2 aromatic carbocycles. The summed E-state index contributed by atoms with van der Waals surface area (Å²) in [5, 5.41) is 2.68. The van der Waals surface area contributed by atoms with Gasteiger partial charge in [-0.25, -0.2) is 0 Å². The van der Waals surface area contributed by atoms with Gasteiger partial charge >= 0.3 is 0 Å². The van der Waals surface area contributed by atoms with E-state index in [9.17, 15) is 0 Å². The van der Waals surface area contributed by atoms with Gasteiger partial charge in [0.25, 0.3) is 8.32 Å². The van der Waals surface area contributed by atoms with Crippen LogP contribution < -0.4 is 10.4 Å². The van der Waals surface area contributed by atoms with E-state index >= 15 is 0 Å². The van der Waals surface area contributed by atoms with Gasteiger partial charge in [0, 0.05) is 0 Å². The van der Waals surface area contributed by atoms with Crippen molar-refractivity contribution in [3.05, 3.63) is 72.3 Å². The second-order valence-corrected chi connectivity index (χ2v) is 14.1. The Hall–Kier alpha value is -1.68. The first kappa shape index (κ1) is 22.0. The molecule has 1 aliphatic rings. The van der Waals surface area contributed by atoms with E-state index in [0.717, 1.165) is 12.8 Å². The predicted molar refractivity (Wildman–Crippen MR) is 126 cm³/mol. The molecule has 3 rings (SSSR count). The number of allylic oxidation sites excluding steroid dienone is 1. The zero-order valence-electron chi connectivity index (χ0n) is 18.9. The zero-order chi connectivity index (χ0) is 21.1. The van der Waals surface area contributed by atoms with Crippen molar-refractivity contribution in [1.82, 2.24) is 0 Å². The van der Waals surface area contributed by atoms with E-state index in [-0.39, 0.29) is 10.6 Å². The van der Waals surface area contributed by atoms with Gasteiger partial charge in [0.05, 0.1) is 18.3 Å². The fraction of sp³-hybridized carbons (Fsp3) is 0.462. The minimum absolute atomic E-state index is 0.0172. The van der Waals surface area contributed by atoms with Crippen molar-refractivity contribution in [2.45, 2.75) is 71.1 Å². The van der Waals surface area contributed by atoms with E-state index in [1.54, 1.807) is 0 Å². The molecule has 0 spiro atoms. The van der Waals surface area contributed by atoms with E-state index in [1.807, 2.05) is 0 Å². The summed E-state index contributed by atoms with van der Waals surface area (Å²) in [5.41, 5.74) is 1.46. The summed E-state index contributed by atoms with van der Waals surface area (Å²) < 4.78 is 12.7. The molecule has 0 aromatic heterocycles. The van der Waals surface area contributed by atoms with Gasteiger partial charge in [-0.05, 0) is 49.0 Å². The van der Waals surface area contributed by atoms with Crippen LogP contribution in [-0.2, 0) is 9.16 Å². The molecule has 0 aliphatic carbocycles. The molecule has 0 amide bonds. The van der Waals surface area contributed by atoms with E-state index in [4.69, 9.17) is 9.16 Å². The van der Waals surface area contributed by atoms with Crippen molar-refractivity contribution >= 4 is 18.7 Å². The molecule has 1 aliphatic heterocycles. The van der Waals surface area contributed by atoms with Gasteiger partial charge in [-0.15, -0.1) is 0 Å². The number of epoxide rings is 1. The molecule has 0 N–H and O–H groups in total. The molecule has 2 nitrogen and oxygen atoms in total. The van der Waals surface area contributed by atoms with Gasteiger partial charge in [0.2, 0.25) is 0 Å². The molecule has 0 bridgehead atoms. The van der Waals surface area contributed by atoms with Gasteiger partial charge in [0.1, 0.15) is 0 Å². The molecular weight excluding hydrogens is 372 g/mol. The largest absolute Gasteiger partial charge is 0.404 e. The van der Waals surface area contributed by atoms with Crippen LogP contribution in [-0.4, -0.2) is 26.6 Å². The van der Waals surface area contributed by atoms with Crippen molar-refractivity contribution in [2.75, 3.05) is 6.61 Å². The van der Waals surface area contributed by atoms with Crippen LogP contribution in [0.3, 0.4) is 0 Å². The molecule has 1 fully saturated rings. The van der Waals surface area contributed by atoms with E-state index < -0.39 is 8.32 Å². The quantitative estimate of drug-likeness (QED) is 0.328. The molecular formula is C26H36O2Si. The van der Waals surface area contributed by atoms with Crippen molar-refractivity contribution < 1.29 is 9.16 Å². The second kappa shape index (κ2) is 8.59. The molecule has 2 aromatic rings. The number of hydrogen-bond donors (Lipinski definition) is 0. The lowest BCUT2D eigenvalue weighted by atomic mass is 10.0. The molecule has 3 heteroatoms. The highest BCUT2D eigenvalue weighted by Crippen LogP contribution is 2.39. The van der Waals surface area contributed by atoms with Crippen LogP contribution in [0.2, 0.25) is 5.04 Å². The summed E-state index contributed by atoms with van der Waals surface area (Å²) in [7, 11) is -2.44. The Morgan fingerprint density at radius 1 is 1.00 bits per heavy atom. The highest BCUT2D eigenvalue weighted by molar-refractivity contribution is 6.99. The molecule has 156 valence electrons. The third-order valence-electron chi connectivity index (χ3n) is 6.11. The van der Waals surface area contributed by atoms with Crippen molar-refractivity contribution in [3.63, 3.8) is 0 Å². The molecule has 1 saturated heterocycles. The van der Waals surface area contributed by atoms with Gasteiger partial charge in [-0.3, -0.25) is 0 Å². The summed E-state index contributed by atoms with van der Waals surface area (Å²) in [5.74, 6) is 0. The lowest BCUT2D eigenvalue weighted by Gasteiger charge is -2.42. The highest BCUT2D eigenvalue weighted by Gasteiger charge is 2.50. The van der Waals surface area contributed by atoms with Crippen LogP contribution in [0.5, 0.6) is 0 Å². The molecule has 1 heterocycles. The number of hydrogen-bond acceptors (Lipinski definition) is 2. The molecule has 29 heavy (non-hydrogen) atoms. The maximum Gasteiger partial charge on any atom is 0.261 e. The monoisotopic (exact) mass is 408 g/mol.